The Kier molecular flexibility index (Phi) is 17.9. The summed E-state index contributed by atoms with van der Waals surface area (Å²) in [4.78, 5) is 60.5. The highest BCUT2D eigenvalue weighted by molar-refractivity contribution is 5.80. The van der Waals surface area contributed by atoms with Crippen LogP contribution in [0.25, 0.3) is 0 Å². The van der Waals surface area contributed by atoms with Crippen molar-refractivity contribution in [1.29, 1.82) is 0 Å². The Morgan fingerprint density at radius 3 is 1.30 bits per heavy atom. The van der Waals surface area contributed by atoms with E-state index in [0.29, 0.717) is 42.4 Å². The van der Waals surface area contributed by atoms with Crippen LogP contribution in [-0.2, 0) is 47.7 Å². The van der Waals surface area contributed by atoms with E-state index in [1.165, 1.54) is 51.4 Å². The van der Waals surface area contributed by atoms with Crippen molar-refractivity contribution in [3.63, 3.8) is 0 Å². The van der Waals surface area contributed by atoms with E-state index in [-0.39, 0.29) is 57.5 Å². The summed E-state index contributed by atoms with van der Waals surface area (Å²) in [7, 11) is 0. The summed E-state index contributed by atoms with van der Waals surface area (Å²) in [6, 6.07) is 0. The van der Waals surface area contributed by atoms with Crippen molar-refractivity contribution in [2.45, 2.75) is 281 Å². The van der Waals surface area contributed by atoms with E-state index in [1.54, 1.807) is 20.8 Å². The largest absolute Gasteiger partial charge is 0.459 e. The van der Waals surface area contributed by atoms with Crippen LogP contribution in [0.1, 0.15) is 247 Å². The molecule has 11 heteroatoms. The van der Waals surface area contributed by atoms with E-state index in [0.717, 1.165) is 69.6 Å². The van der Waals surface area contributed by atoms with Gasteiger partial charge >= 0.3 is 29.8 Å². The third-order valence-corrected chi connectivity index (χ3v) is 20.5. The molecule has 9 aliphatic carbocycles. The van der Waals surface area contributed by atoms with Crippen LogP contribution in [0.5, 0.6) is 0 Å². The van der Waals surface area contributed by atoms with Gasteiger partial charge in [-0.2, -0.15) is 0 Å². The van der Waals surface area contributed by atoms with E-state index >= 15 is 0 Å². The van der Waals surface area contributed by atoms with Crippen molar-refractivity contribution in [3.8, 4) is 0 Å². The summed E-state index contributed by atoms with van der Waals surface area (Å²) in [6.45, 7) is 35.4. The summed E-state index contributed by atoms with van der Waals surface area (Å²) in [5.74, 6) is 3.55. The molecule has 1 heterocycles. The van der Waals surface area contributed by atoms with Crippen LogP contribution in [0.3, 0.4) is 0 Å². The van der Waals surface area contributed by atoms with E-state index in [1.807, 2.05) is 76.2 Å². The van der Waals surface area contributed by atoms with Crippen LogP contribution in [0.4, 0.5) is 0 Å². The number of carbonyl (C=O) groups is 5. The second-order valence-corrected chi connectivity index (χ2v) is 27.8. The SMILES string of the molecule is CCC(C)(C)C(=O)OC1(C(C)C)CCCC1.CCC(C)(C)C(=O)OC1(C)C(C)OC(=O)C1C.CCC(C)(C)C(=O)OC1(C)C2CC3CC(C2)CC1C3.CCC(C)(C)C(=O)OC12CC3CC(CC(O)(C3)C1)C2. The molecule has 1 N–H and O–H groups in total. The van der Waals surface area contributed by atoms with Gasteiger partial charge in [0.05, 0.1) is 33.2 Å². The molecule has 1 aliphatic heterocycles. The van der Waals surface area contributed by atoms with E-state index < -0.39 is 34.1 Å². The molecule has 8 bridgehead atoms. The van der Waals surface area contributed by atoms with Crippen molar-refractivity contribution in [2.75, 3.05) is 0 Å². The van der Waals surface area contributed by atoms with Crippen LogP contribution < -0.4 is 0 Å². The third kappa shape index (κ3) is 12.7. The van der Waals surface area contributed by atoms with Gasteiger partial charge in [-0.15, -0.1) is 0 Å². The lowest BCUT2D eigenvalue weighted by Gasteiger charge is -2.59. The molecule has 0 aromatic rings. The Balaban J connectivity index is 0.000000177. The average molecular weight is 999 g/mol. The van der Waals surface area contributed by atoms with Crippen molar-refractivity contribution in [2.24, 2.45) is 69.0 Å². The highest BCUT2D eigenvalue weighted by Crippen LogP contribution is 2.61. The van der Waals surface area contributed by atoms with Gasteiger partial charge in [0, 0.05) is 6.42 Å². The molecule has 408 valence electrons. The Labute approximate surface area is 430 Å². The van der Waals surface area contributed by atoms with Crippen molar-refractivity contribution in [3.05, 3.63) is 0 Å². The van der Waals surface area contributed by atoms with E-state index in [4.69, 9.17) is 23.7 Å². The summed E-state index contributed by atoms with van der Waals surface area (Å²) in [5, 5.41) is 10.6. The number of hydrogen-bond donors (Lipinski definition) is 1. The predicted octanol–water partition coefficient (Wildman–Crippen LogP) is 13.5. The number of cyclic esters (lactones) is 1. The fourth-order valence-electron chi connectivity index (χ4n) is 13.4. The highest BCUT2D eigenvalue weighted by atomic mass is 16.6. The molecule has 10 rings (SSSR count). The molecule has 5 atom stereocenters. The summed E-state index contributed by atoms with van der Waals surface area (Å²) in [6.07, 6.45) is 19.5. The average Bonchev–Trinajstić information content (AvgIpc) is 3.83. The monoisotopic (exact) mass is 999 g/mol. The lowest BCUT2D eigenvalue weighted by Crippen LogP contribution is -2.61. The first-order chi connectivity index (χ1) is 32.6. The standard InChI is InChI=1S/C17H28O2.C16H26O3.C14H26O2.C13H22O4/c1-5-16(2,3)15(18)19-17(4)13-7-11-6-12(9-13)10-14(17)8-11;1-4-14(2,3)13(17)19-16-8-11-5-12(9-16)7-15(18,6-11)10-16;1-6-13(4,5)12(15)16-14(11(2)3)9-7-8-10-14;1-7-12(4,5)11(15)17-13(6)8(2)10(14)16-9(13)3/h11-14H,5-10H2,1-4H3;11-12,18H,4-10H2,1-3H3;11H,6-10H2,1-5H3;8-9H,7H2,1-6H3. The molecule has 10 fully saturated rings. The summed E-state index contributed by atoms with van der Waals surface area (Å²) >= 11 is 0. The van der Waals surface area contributed by atoms with Gasteiger partial charge in [-0.05, 0) is 240 Å². The first-order valence-electron chi connectivity index (χ1n) is 28.5. The first-order valence-corrected chi connectivity index (χ1v) is 28.5. The van der Waals surface area contributed by atoms with Crippen molar-refractivity contribution in [1.82, 2.24) is 0 Å². The molecular formula is C60H102O11. The van der Waals surface area contributed by atoms with Gasteiger partial charge in [-0.25, -0.2) is 0 Å². The zero-order chi connectivity index (χ0) is 53.6. The maximum Gasteiger partial charge on any atom is 0.313 e. The highest BCUT2D eigenvalue weighted by Gasteiger charge is 2.61. The molecule has 5 unspecified atom stereocenters. The van der Waals surface area contributed by atoms with Gasteiger partial charge in [-0.3, -0.25) is 24.0 Å². The molecular weight excluding hydrogens is 897 g/mol. The number of rotatable bonds is 13. The zero-order valence-electron chi connectivity index (χ0n) is 48.2. The smallest absolute Gasteiger partial charge is 0.313 e. The van der Waals surface area contributed by atoms with Crippen LogP contribution >= 0.6 is 0 Å². The minimum atomic E-state index is -0.861. The lowest BCUT2D eigenvalue weighted by molar-refractivity contribution is -0.225. The van der Waals surface area contributed by atoms with Crippen LogP contribution in [-0.4, -0.2) is 69.1 Å². The van der Waals surface area contributed by atoms with Crippen molar-refractivity contribution < 1.29 is 52.8 Å². The van der Waals surface area contributed by atoms with E-state index in [2.05, 4.69) is 27.7 Å². The van der Waals surface area contributed by atoms with Crippen LogP contribution in [0.15, 0.2) is 0 Å². The van der Waals surface area contributed by atoms with Gasteiger partial charge in [0.1, 0.15) is 22.9 Å². The number of carbonyl (C=O) groups excluding carboxylic acids is 5. The lowest BCUT2D eigenvalue weighted by atomic mass is 9.50. The number of ether oxygens (including phenoxy) is 5. The third-order valence-electron chi connectivity index (χ3n) is 20.5. The fraction of sp³-hybridized carbons (Fsp3) is 0.917. The number of aliphatic hydroxyl groups is 1. The molecule has 0 amide bonds. The second kappa shape index (κ2) is 21.5. The molecule has 0 radical (unpaired) electrons. The molecule has 9 saturated carbocycles. The summed E-state index contributed by atoms with van der Waals surface area (Å²) in [5.41, 5.74) is -3.74. The molecule has 11 nitrogen and oxygen atoms in total. The van der Waals surface area contributed by atoms with Crippen LogP contribution in [0, 0.1) is 69.0 Å². The van der Waals surface area contributed by atoms with Gasteiger partial charge in [0.2, 0.25) is 0 Å². The molecule has 10 aliphatic rings. The number of esters is 5. The van der Waals surface area contributed by atoms with Gasteiger partial charge in [0.25, 0.3) is 0 Å². The van der Waals surface area contributed by atoms with E-state index in [9.17, 15) is 29.1 Å². The van der Waals surface area contributed by atoms with Gasteiger partial charge < -0.3 is 28.8 Å². The second-order valence-electron chi connectivity index (χ2n) is 27.8. The Morgan fingerprint density at radius 2 is 0.944 bits per heavy atom. The summed E-state index contributed by atoms with van der Waals surface area (Å²) < 4.78 is 28.7. The van der Waals surface area contributed by atoms with Crippen LogP contribution in [0.2, 0.25) is 0 Å². The van der Waals surface area contributed by atoms with Crippen molar-refractivity contribution >= 4 is 29.8 Å². The Morgan fingerprint density at radius 1 is 0.577 bits per heavy atom. The fourth-order valence-corrected chi connectivity index (χ4v) is 13.4. The van der Waals surface area contributed by atoms with Gasteiger partial charge in [0.15, 0.2) is 5.60 Å². The number of hydrogen-bond acceptors (Lipinski definition) is 11. The Bertz CT molecular complexity index is 1860. The molecule has 1 saturated heterocycles. The molecule has 0 aromatic carbocycles. The molecule has 0 spiro atoms. The zero-order valence-corrected chi connectivity index (χ0v) is 48.2. The minimum Gasteiger partial charge on any atom is -0.459 e. The quantitative estimate of drug-likeness (QED) is 0.139. The topological polar surface area (TPSA) is 152 Å². The first kappa shape index (κ1) is 59.2. The maximum atomic E-state index is 12.5. The Hall–Kier alpha value is -2.69. The molecule has 0 aromatic heterocycles. The van der Waals surface area contributed by atoms with Gasteiger partial charge in [-0.1, -0.05) is 41.5 Å². The minimum absolute atomic E-state index is 0.0185. The normalized spacial score (nSPS) is 36.3. The molecule has 71 heavy (non-hydrogen) atoms. The predicted molar refractivity (Wildman–Crippen MR) is 278 cm³/mol. The maximum absolute atomic E-state index is 12.5.